The minimum Gasteiger partial charge on any atom is -0.490 e. The van der Waals surface area contributed by atoms with E-state index in [0.29, 0.717) is 49.3 Å². The Morgan fingerprint density at radius 2 is 1.62 bits per heavy atom. The third-order valence-corrected chi connectivity index (χ3v) is 10.8. The van der Waals surface area contributed by atoms with Crippen LogP contribution in [0.15, 0.2) is 115 Å². The molecule has 1 fully saturated rings. The molecule has 1 aliphatic rings. The topological polar surface area (TPSA) is 109 Å². The lowest BCUT2D eigenvalue weighted by atomic mass is 10.0. The van der Waals surface area contributed by atoms with Gasteiger partial charge >= 0.3 is 6.09 Å². The first kappa shape index (κ1) is 35.0. The number of piperidine rings is 1. The smallest absolute Gasteiger partial charge is 0.410 e. The van der Waals surface area contributed by atoms with Crippen molar-refractivity contribution in [3.05, 3.63) is 121 Å². The minimum absolute atomic E-state index is 0.0411. The molecule has 0 unspecified atom stereocenters. The van der Waals surface area contributed by atoms with Gasteiger partial charge in [-0.15, -0.1) is 0 Å². The van der Waals surface area contributed by atoms with Gasteiger partial charge in [0.05, 0.1) is 11.1 Å². The zero-order chi connectivity index (χ0) is 36.5. The molecule has 4 heterocycles. The van der Waals surface area contributed by atoms with E-state index in [1.54, 1.807) is 47.8 Å². The maximum absolute atomic E-state index is 14.0. The van der Waals surface area contributed by atoms with E-state index in [2.05, 4.69) is 17.2 Å². The number of carbonyl (C=O) groups excluding carboxylic acids is 1. The Morgan fingerprint density at radius 3 is 2.35 bits per heavy atom. The number of benzene rings is 3. The summed E-state index contributed by atoms with van der Waals surface area (Å²) in [7, 11) is -3.95. The van der Waals surface area contributed by atoms with E-state index in [1.807, 2.05) is 87.1 Å². The van der Waals surface area contributed by atoms with Gasteiger partial charge in [0.25, 0.3) is 10.0 Å². The van der Waals surface area contributed by atoms with Crippen LogP contribution in [0.5, 0.6) is 5.75 Å². The Kier molecular flexibility index (Phi) is 9.63. The fraction of sp³-hybridized carbons (Fsp3) is 0.293. The third kappa shape index (κ3) is 7.74. The molecule has 0 spiro atoms. The molecule has 3 aromatic heterocycles. The maximum atomic E-state index is 14.0. The highest BCUT2D eigenvalue weighted by Gasteiger charge is 2.28. The van der Waals surface area contributed by atoms with Crippen molar-refractivity contribution in [2.75, 3.05) is 13.1 Å². The van der Waals surface area contributed by atoms with Crippen molar-refractivity contribution >= 4 is 27.1 Å². The van der Waals surface area contributed by atoms with Gasteiger partial charge in [-0.3, -0.25) is 4.68 Å². The number of aromatic nitrogens is 4. The molecular weight excluding hydrogens is 675 g/mol. The number of hydrogen-bond acceptors (Lipinski definition) is 7. The zero-order valence-electron chi connectivity index (χ0n) is 29.9. The molecule has 0 aliphatic carbocycles. The molecule has 0 N–H and O–H groups in total. The third-order valence-electron chi connectivity index (χ3n) is 9.17. The molecule has 11 heteroatoms. The van der Waals surface area contributed by atoms with Gasteiger partial charge < -0.3 is 14.4 Å². The van der Waals surface area contributed by atoms with Crippen molar-refractivity contribution in [1.82, 2.24) is 23.6 Å². The number of carbonyl (C=O) groups is 1. The molecule has 0 saturated carbocycles. The molecule has 0 bridgehead atoms. The maximum Gasteiger partial charge on any atom is 0.410 e. The van der Waals surface area contributed by atoms with E-state index in [4.69, 9.17) is 14.5 Å². The number of hydrogen-bond donors (Lipinski definition) is 0. The fourth-order valence-electron chi connectivity index (χ4n) is 6.41. The normalized spacial score (nSPS) is 14.1. The molecule has 7 rings (SSSR count). The van der Waals surface area contributed by atoms with Crippen molar-refractivity contribution < 1.29 is 22.7 Å². The van der Waals surface area contributed by atoms with Gasteiger partial charge in [0.1, 0.15) is 17.5 Å². The molecule has 268 valence electrons. The molecule has 0 atom stereocenters. The Morgan fingerprint density at radius 1 is 0.865 bits per heavy atom. The van der Waals surface area contributed by atoms with E-state index in [9.17, 15) is 13.2 Å². The predicted octanol–water partition coefficient (Wildman–Crippen LogP) is 8.13. The first-order valence-electron chi connectivity index (χ1n) is 17.6. The van der Waals surface area contributed by atoms with Crippen molar-refractivity contribution in [3.8, 4) is 28.0 Å². The van der Waals surface area contributed by atoms with E-state index >= 15 is 0 Å². The van der Waals surface area contributed by atoms with Gasteiger partial charge in [-0.25, -0.2) is 22.2 Å². The summed E-state index contributed by atoms with van der Waals surface area (Å²) in [6.45, 7) is 9.34. The van der Waals surface area contributed by atoms with Crippen molar-refractivity contribution in [1.29, 1.82) is 0 Å². The number of fused-ring (bicyclic) bond motifs is 1. The highest BCUT2D eigenvalue weighted by Crippen LogP contribution is 2.35. The zero-order valence-corrected chi connectivity index (χ0v) is 30.7. The van der Waals surface area contributed by atoms with E-state index in [-0.39, 0.29) is 17.1 Å². The lowest BCUT2D eigenvalue weighted by Gasteiger charge is -2.33. The summed E-state index contributed by atoms with van der Waals surface area (Å²) in [5.41, 5.74) is 5.20. The number of ether oxygens (including phenoxy) is 2. The number of pyridine rings is 1. The van der Waals surface area contributed by atoms with Crippen LogP contribution in [0.1, 0.15) is 44.7 Å². The standard InChI is InChI=1S/C41H43N5O5S/c1-29-13-15-36(16-14-29)52(48,49)46-28-38(33-26-43-45(27-33)22-17-30-9-6-5-7-10-30)37-24-32(25-42-39(37)46)31-11-8-12-35(23-31)50-34-18-20-44(21-19-34)40(47)51-41(2,3)4/h5-16,23-28,34H,17-22H2,1-4H3. The number of likely N-dealkylation sites (tertiary alicyclic amines) is 1. The molecule has 3 aromatic carbocycles. The summed E-state index contributed by atoms with van der Waals surface area (Å²) < 4.78 is 43.2. The van der Waals surface area contributed by atoms with Crippen LogP contribution in [-0.4, -0.2) is 62.9 Å². The van der Waals surface area contributed by atoms with Crippen molar-refractivity contribution in [2.45, 2.75) is 70.1 Å². The highest BCUT2D eigenvalue weighted by molar-refractivity contribution is 7.90. The van der Waals surface area contributed by atoms with Crippen LogP contribution < -0.4 is 4.74 Å². The van der Waals surface area contributed by atoms with Crippen LogP contribution in [-0.2, 0) is 27.7 Å². The Bertz CT molecular complexity index is 2300. The molecule has 52 heavy (non-hydrogen) atoms. The Balaban J connectivity index is 1.18. The first-order valence-corrected chi connectivity index (χ1v) is 19.0. The minimum atomic E-state index is -3.95. The average molecular weight is 718 g/mol. The molecule has 1 aliphatic heterocycles. The second kappa shape index (κ2) is 14.3. The van der Waals surface area contributed by atoms with Gasteiger partial charge in [0, 0.05) is 73.1 Å². The largest absolute Gasteiger partial charge is 0.490 e. The molecule has 10 nitrogen and oxygen atoms in total. The molecule has 0 radical (unpaired) electrons. The lowest BCUT2D eigenvalue weighted by molar-refractivity contribution is 0.0126. The van der Waals surface area contributed by atoms with Gasteiger partial charge in [0.2, 0.25) is 0 Å². The predicted molar refractivity (Wildman–Crippen MR) is 202 cm³/mol. The van der Waals surface area contributed by atoms with Gasteiger partial charge in [-0.1, -0.05) is 60.2 Å². The number of rotatable bonds is 9. The SMILES string of the molecule is Cc1ccc(S(=O)(=O)n2cc(-c3cnn(CCc4ccccc4)c3)c3cc(-c4cccc(OC5CCN(C(=O)OC(C)(C)C)CC5)c4)cnc32)cc1. The Labute approximate surface area is 304 Å². The highest BCUT2D eigenvalue weighted by atomic mass is 32.2. The summed E-state index contributed by atoms with van der Waals surface area (Å²) in [5.74, 6) is 0.716. The van der Waals surface area contributed by atoms with Crippen molar-refractivity contribution in [3.63, 3.8) is 0 Å². The molecule has 6 aromatic rings. The van der Waals surface area contributed by atoms with Crippen molar-refractivity contribution in [2.24, 2.45) is 0 Å². The summed E-state index contributed by atoms with van der Waals surface area (Å²) in [5, 5.41) is 5.31. The summed E-state index contributed by atoms with van der Waals surface area (Å²) in [4.78, 5) is 19.2. The summed E-state index contributed by atoms with van der Waals surface area (Å²) in [6.07, 6.45) is 8.96. The van der Waals surface area contributed by atoms with E-state index < -0.39 is 15.6 Å². The molecular formula is C41H43N5O5S. The summed E-state index contributed by atoms with van der Waals surface area (Å²) in [6, 6.07) is 26.9. The monoisotopic (exact) mass is 717 g/mol. The van der Waals surface area contributed by atoms with Gasteiger partial charge in [0.15, 0.2) is 5.65 Å². The van der Waals surface area contributed by atoms with Crippen LogP contribution in [0.25, 0.3) is 33.3 Å². The molecule has 1 amide bonds. The average Bonchev–Trinajstić information content (AvgIpc) is 3.76. The number of amides is 1. The number of aryl methyl sites for hydroxylation is 3. The van der Waals surface area contributed by atoms with Gasteiger partial charge in [-0.2, -0.15) is 5.10 Å². The molecule has 1 saturated heterocycles. The van der Waals surface area contributed by atoms with Crippen LogP contribution in [0, 0.1) is 6.92 Å². The number of nitrogens with zero attached hydrogens (tertiary/aromatic N) is 5. The first-order chi connectivity index (χ1) is 24.9. The second-order valence-corrected chi connectivity index (χ2v) is 16.1. The lowest BCUT2D eigenvalue weighted by Crippen LogP contribution is -2.44. The van der Waals surface area contributed by atoms with E-state index in [0.717, 1.165) is 34.2 Å². The quantitative estimate of drug-likeness (QED) is 0.149. The van der Waals surface area contributed by atoms with Crippen LogP contribution >= 0.6 is 0 Å². The van der Waals surface area contributed by atoms with Crippen LogP contribution in [0.2, 0.25) is 0 Å². The van der Waals surface area contributed by atoms with Crippen LogP contribution in [0.3, 0.4) is 0 Å². The Hall–Kier alpha value is -5.42. The van der Waals surface area contributed by atoms with Gasteiger partial charge in [-0.05, 0) is 75.6 Å². The summed E-state index contributed by atoms with van der Waals surface area (Å²) >= 11 is 0. The van der Waals surface area contributed by atoms with E-state index in [1.165, 1.54) is 9.54 Å². The fourth-order valence-corrected chi connectivity index (χ4v) is 7.74. The second-order valence-electron chi connectivity index (χ2n) is 14.3. The van der Waals surface area contributed by atoms with Crippen LogP contribution in [0.4, 0.5) is 4.79 Å².